The van der Waals surface area contributed by atoms with E-state index in [0.717, 1.165) is 42.5 Å². The molecule has 0 N–H and O–H groups in total. The summed E-state index contributed by atoms with van der Waals surface area (Å²) >= 11 is 0. The Balaban J connectivity index is 1.17. The number of aryl methyl sites for hydroxylation is 1. The van der Waals surface area contributed by atoms with Crippen molar-refractivity contribution in [3.63, 3.8) is 0 Å². The van der Waals surface area contributed by atoms with Crippen LogP contribution in [0.15, 0.2) is 35.3 Å². The van der Waals surface area contributed by atoms with Crippen molar-refractivity contribution in [2.24, 2.45) is 18.9 Å². The van der Waals surface area contributed by atoms with Crippen LogP contribution in [0.4, 0.5) is 5.95 Å². The van der Waals surface area contributed by atoms with Crippen LogP contribution in [0, 0.1) is 11.8 Å². The van der Waals surface area contributed by atoms with Gasteiger partial charge in [-0.15, -0.1) is 0 Å². The summed E-state index contributed by atoms with van der Waals surface area (Å²) in [6.07, 6.45) is 5.32. The van der Waals surface area contributed by atoms with Gasteiger partial charge in [-0.2, -0.15) is 4.98 Å². The van der Waals surface area contributed by atoms with Gasteiger partial charge in [0.1, 0.15) is 5.75 Å². The van der Waals surface area contributed by atoms with E-state index < -0.39 is 0 Å². The Kier molecular flexibility index (Phi) is 6.84. The van der Waals surface area contributed by atoms with Crippen LogP contribution >= 0.6 is 0 Å². The van der Waals surface area contributed by atoms with Gasteiger partial charge < -0.3 is 19.3 Å². The van der Waals surface area contributed by atoms with Crippen molar-refractivity contribution >= 4 is 22.9 Å². The first-order chi connectivity index (χ1) is 17.5. The van der Waals surface area contributed by atoms with E-state index in [1.807, 2.05) is 34.7 Å². The van der Waals surface area contributed by atoms with Crippen LogP contribution in [0.3, 0.4) is 0 Å². The van der Waals surface area contributed by atoms with Gasteiger partial charge in [0.2, 0.25) is 17.7 Å². The van der Waals surface area contributed by atoms with Gasteiger partial charge in [-0.05, 0) is 43.7 Å². The van der Waals surface area contributed by atoms with E-state index >= 15 is 0 Å². The molecule has 0 unspecified atom stereocenters. The van der Waals surface area contributed by atoms with Crippen LogP contribution in [-0.2, 0) is 18.4 Å². The summed E-state index contributed by atoms with van der Waals surface area (Å²) in [5.74, 6) is 2.63. The molecular weight excluding hydrogens is 460 g/mol. The highest BCUT2D eigenvalue weighted by Crippen LogP contribution is 2.32. The molecule has 1 saturated heterocycles. The number of nitrogens with zero attached hydrogens (tertiary/aromatic N) is 6. The van der Waals surface area contributed by atoms with Gasteiger partial charge >= 0.3 is 5.69 Å². The maximum absolute atomic E-state index is 13.2. The van der Waals surface area contributed by atoms with Crippen LogP contribution in [0.25, 0.3) is 11.0 Å². The Hall–Kier alpha value is -3.56. The monoisotopic (exact) mass is 494 g/mol. The summed E-state index contributed by atoms with van der Waals surface area (Å²) in [6.45, 7) is 3.44. The Morgan fingerprint density at radius 3 is 2.44 bits per heavy atom. The van der Waals surface area contributed by atoms with Crippen molar-refractivity contribution in [3.05, 3.63) is 40.9 Å². The molecule has 2 aliphatic rings. The van der Waals surface area contributed by atoms with E-state index in [0.29, 0.717) is 50.5 Å². The zero-order valence-corrected chi connectivity index (χ0v) is 21.2. The Labute approximate surface area is 210 Å². The average molecular weight is 495 g/mol. The summed E-state index contributed by atoms with van der Waals surface area (Å²) in [6, 6.07) is 7.48. The highest BCUT2D eigenvalue weighted by molar-refractivity contribution is 5.79. The quantitative estimate of drug-likeness (QED) is 0.519. The first kappa shape index (κ1) is 24.1. The second kappa shape index (κ2) is 10.2. The number of ether oxygens (including phenoxy) is 2. The molecule has 2 fully saturated rings. The fourth-order valence-corrected chi connectivity index (χ4v) is 5.53. The molecule has 5 rings (SSSR count). The third kappa shape index (κ3) is 4.64. The molecular formula is C26H34N6O4. The Morgan fingerprint density at radius 2 is 1.75 bits per heavy atom. The highest BCUT2D eigenvalue weighted by Gasteiger charge is 2.32. The molecule has 2 aromatic heterocycles. The summed E-state index contributed by atoms with van der Waals surface area (Å²) in [7, 11) is 5.04. The lowest BCUT2D eigenvalue weighted by Crippen LogP contribution is -2.51. The number of aromatic nitrogens is 4. The standard InChI is InChI=1S/C26H34N6O4/c1-29-21-9-8-20(35-2)16-22(21)32(26(29)34)17-18-4-6-19(7-5-18)24(33)30-12-14-31(15-13-30)25-27-11-10-23(28-25)36-3/h8-11,16,18-19H,4-7,12-15,17H2,1-3H3. The maximum Gasteiger partial charge on any atom is 0.328 e. The Morgan fingerprint density at radius 1 is 1.00 bits per heavy atom. The molecule has 0 bridgehead atoms. The van der Waals surface area contributed by atoms with Crippen molar-refractivity contribution < 1.29 is 14.3 Å². The minimum Gasteiger partial charge on any atom is -0.497 e. The third-order valence-corrected chi connectivity index (χ3v) is 7.69. The molecule has 3 heterocycles. The van der Waals surface area contributed by atoms with Crippen LogP contribution in [0.5, 0.6) is 11.6 Å². The molecule has 10 nitrogen and oxygen atoms in total. The van der Waals surface area contributed by atoms with Crippen LogP contribution in [0.2, 0.25) is 0 Å². The minimum atomic E-state index is -0.00524. The number of hydrogen-bond acceptors (Lipinski definition) is 7. The lowest BCUT2D eigenvalue weighted by Gasteiger charge is -2.38. The predicted octanol–water partition coefficient (Wildman–Crippen LogP) is 2.30. The molecule has 1 amide bonds. The number of piperazine rings is 1. The second-order valence-corrected chi connectivity index (χ2v) is 9.74. The lowest BCUT2D eigenvalue weighted by molar-refractivity contribution is -0.137. The molecule has 0 radical (unpaired) electrons. The predicted molar refractivity (Wildman–Crippen MR) is 137 cm³/mol. The number of carbonyl (C=O) groups is 1. The number of hydrogen-bond donors (Lipinski definition) is 0. The van der Waals surface area contributed by atoms with Crippen LogP contribution in [-0.4, -0.2) is 70.3 Å². The largest absolute Gasteiger partial charge is 0.497 e. The highest BCUT2D eigenvalue weighted by atomic mass is 16.5. The first-order valence-corrected chi connectivity index (χ1v) is 12.6. The van der Waals surface area contributed by atoms with E-state index in [9.17, 15) is 9.59 Å². The van der Waals surface area contributed by atoms with Gasteiger partial charge in [0.05, 0.1) is 25.3 Å². The molecule has 0 spiro atoms. The summed E-state index contributed by atoms with van der Waals surface area (Å²) in [4.78, 5) is 39.0. The summed E-state index contributed by atoms with van der Waals surface area (Å²) < 4.78 is 14.1. The third-order valence-electron chi connectivity index (χ3n) is 7.69. The van der Waals surface area contributed by atoms with Gasteiger partial charge in [-0.1, -0.05) is 0 Å². The van der Waals surface area contributed by atoms with Gasteiger partial charge in [0.15, 0.2) is 0 Å². The van der Waals surface area contributed by atoms with Gasteiger partial charge in [0, 0.05) is 64.0 Å². The smallest absolute Gasteiger partial charge is 0.328 e. The van der Waals surface area contributed by atoms with Gasteiger partial charge in [0.25, 0.3) is 0 Å². The number of anilines is 1. The maximum atomic E-state index is 13.2. The topological polar surface area (TPSA) is 94.7 Å². The molecule has 0 atom stereocenters. The van der Waals surface area contributed by atoms with Crippen molar-refractivity contribution in [1.29, 1.82) is 0 Å². The number of rotatable bonds is 6. The molecule has 36 heavy (non-hydrogen) atoms. The summed E-state index contributed by atoms with van der Waals surface area (Å²) in [5, 5.41) is 0. The first-order valence-electron chi connectivity index (χ1n) is 12.6. The van der Waals surface area contributed by atoms with E-state index in [-0.39, 0.29) is 17.5 Å². The number of methoxy groups -OCH3 is 2. The molecule has 3 aromatic rings. The fourth-order valence-electron chi connectivity index (χ4n) is 5.53. The molecule has 192 valence electrons. The van der Waals surface area contributed by atoms with E-state index in [1.54, 1.807) is 31.0 Å². The van der Waals surface area contributed by atoms with E-state index in [1.165, 1.54) is 0 Å². The van der Waals surface area contributed by atoms with Crippen molar-refractivity contribution in [2.45, 2.75) is 32.2 Å². The second-order valence-electron chi connectivity index (χ2n) is 9.74. The van der Waals surface area contributed by atoms with E-state index in [4.69, 9.17) is 9.47 Å². The number of amides is 1. The molecule has 10 heteroatoms. The number of benzene rings is 1. The van der Waals surface area contributed by atoms with Gasteiger partial charge in [-0.25, -0.2) is 9.78 Å². The molecule has 1 aliphatic heterocycles. The molecule has 1 aliphatic carbocycles. The van der Waals surface area contributed by atoms with Gasteiger partial charge in [-0.3, -0.25) is 13.9 Å². The minimum absolute atomic E-state index is 0.00524. The Bertz CT molecular complexity index is 1290. The van der Waals surface area contributed by atoms with Crippen molar-refractivity contribution in [2.75, 3.05) is 45.3 Å². The SMILES string of the molecule is COc1ccc2c(c1)n(CC1CCC(C(=O)N3CCN(c4nccc(OC)n4)CC3)CC1)c(=O)n2C. The summed E-state index contributed by atoms with van der Waals surface area (Å²) in [5.41, 5.74) is 1.80. The molecule has 1 saturated carbocycles. The number of fused-ring (bicyclic) bond motifs is 1. The van der Waals surface area contributed by atoms with Crippen molar-refractivity contribution in [3.8, 4) is 11.6 Å². The van der Waals surface area contributed by atoms with Crippen molar-refractivity contribution in [1.82, 2.24) is 24.0 Å². The van der Waals surface area contributed by atoms with Crippen LogP contribution in [0.1, 0.15) is 25.7 Å². The normalized spacial score (nSPS) is 20.5. The zero-order chi connectivity index (χ0) is 25.2. The lowest BCUT2D eigenvalue weighted by atomic mass is 9.81. The number of carbonyl (C=O) groups excluding carboxylic acids is 1. The average Bonchev–Trinajstić information content (AvgIpc) is 3.17. The molecule has 1 aromatic carbocycles. The fraction of sp³-hybridized carbons (Fsp3) is 0.538. The zero-order valence-electron chi connectivity index (χ0n) is 21.2. The number of imidazole rings is 1. The van der Waals surface area contributed by atoms with E-state index in [2.05, 4.69) is 14.9 Å². The van der Waals surface area contributed by atoms with Crippen LogP contribution < -0.4 is 20.1 Å².